The molecule has 20 heavy (non-hydrogen) atoms. The summed E-state index contributed by atoms with van der Waals surface area (Å²) in [6, 6.07) is 10.6. The Morgan fingerprint density at radius 3 is 2.50 bits per heavy atom. The molecule has 1 aromatic heterocycles. The van der Waals surface area contributed by atoms with Gasteiger partial charge in [-0.15, -0.1) is 23.1 Å². The number of thioether (sulfide) groups is 1. The Morgan fingerprint density at radius 1 is 1.15 bits per heavy atom. The number of carbonyl (C=O) groups excluding carboxylic acids is 2. The minimum absolute atomic E-state index is 0.0143. The Morgan fingerprint density at radius 2 is 1.85 bits per heavy atom. The third-order valence-electron chi connectivity index (χ3n) is 2.44. The lowest BCUT2D eigenvalue weighted by Crippen LogP contribution is -2.23. The summed E-state index contributed by atoms with van der Waals surface area (Å²) < 4.78 is 0. The van der Waals surface area contributed by atoms with E-state index in [1.807, 2.05) is 12.1 Å². The van der Waals surface area contributed by atoms with Gasteiger partial charge in [-0.25, -0.2) is 0 Å². The highest BCUT2D eigenvalue weighted by Crippen LogP contribution is 2.24. The molecule has 0 aliphatic rings. The van der Waals surface area contributed by atoms with Crippen LogP contribution in [0.15, 0.2) is 41.3 Å². The summed E-state index contributed by atoms with van der Waals surface area (Å²) in [5, 5.41) is 11.1. The molecule has 0 amide bonds. The molecule has 0 unspecified atom stereocenters. The second-order valence-electron chi connectivity index (χ2n) is 3.98. The van der Waals surface area contributed by atoms with E-state index in [1.54, 1.807) is 24.3 Å². The maximum absolute atomic E-state index is 12.0. The second kappa shape index (κ2) is 6.92. The molecule has 0 N–H and O–H groups in total. The minimum atomic E-state index is -1.14. The highest BCUT2D eigenvalue weighted by molar-refractivity contribution is 8.00. The van der Waals surface area contributed by atoms with Gasteiger partial charge in [0.1, 0.15) is 0 Å². The van der Waals surface area contributed by atoms with E-state index in [9.17, 15) is 14.7 Å². The lowest BCUT2D eigenvalue weighted by atomic mass is 10.3. The first-order chi connectivity index (χ1) is 9.54. The summed E-state index contributed by atoms with van der Waals surface area (Å²) in [6.07, 6.45) is -0.151. The summed E-state index contributed by atoms with van der Waals surface area (Å²) in [5.41, 5.74) is 0. The van der Waals surface area contributed by atoms with Crippen molar-refractivity contribution < 1.29 is 14.7 Å². The Hall–Kier alpha value is -1.30. The number of hydrogen-bond acceptors (Lipinski definition) is 5. The molecule has 2 aromatic rings. The molecule has 1 heterocycles. The first-order valence-corrected chi connectivity index (χ1v) is 7.93. The zero-order valence-corrected chi connectivity index (χ0v) is 12.7. The monoisotopic (exact) mass is 325 g/mol. The van der Waals surface area contributed by atoms with E-state index in [4.69, 9.17) is 11.6 Å². The fraction of sp³-hybridized carbons (Fsp3) is 0.143. The molecule has 0 aliphatic heterocycles. The normalized spacial score (nSPS) is 10.4. The number of rotatable bonds is 6. The second-order valence-corrected chi connectivity index (χ2v) is 6.63. The summed E-state index contributed by atoms with van der Waals surface area (Å²) in [5.74, 6) is -0.840. The number of carboxylic acid groups (broad SMARTS) is 1. The molecule has 0 aliphatic carbocycles. The lowest BCUT2D eigenvalue weighted by molar-refractivity contribution is -0.304. The van der Waals surface area contributed by atoms with Crippen molar-refractivity contribution >= 4 is 46.5 Å². The van der Waals surface area contributed by atoms with Crippen LogP contribution in [0.3, 0.4) is 0 Å². The maximum atomic E-state index is 12.0. The molecule has 0 bridgehead atoms. The van der Waals surface area contributed by atoms with Crippen LogP contribution in [0.1, 0.15) is 14.5 Å². The third-order valence-corrected chi connectivity index (χ3v) is 4.83. The number of halogens is 1. The number of thiophene rings is 1. The van der Waals surface area contributed by atoms with Gasteiger partial charge in [0.05, 0.1) is 10.6 Å². The van der Waals surface area contributed by atoms with Crippen molar-refractivity contribution in [1.82, 2.24) is 0 Å². The first-order valence-electron chi connectivity index (χ1n) is 5.75. The summed E-state index contributed by atoms with van der Waals surface area (Å²) in [4.78, 5) is 24.6. The van der Waals surface area contributed by atoms with Gasteiger partial charge in [-0.2, -0.15) is 0 Å². The quantitative estimate of drug-likeness (QED) is 0.605. The topological polar surface area (TPSA) is 57.2 Å². The van der Waals surface area contributed by atoms with E-state index >= 15 is 0 Å². The Balaban J connectivity index is 1.93. The van der Waals surface area contributed by atoms with Crippen molar-refractivity contribution in [3.05, 3.63) is 51.2 Å². The summed E-state index contributed by atoms with van der Waals surface area (Å²) in [6.45, 7) is 0. The molecule has 0 saturated carbocycles. The van der Waals surface area contributed by atoms with E-state index < -0.39 is 5.97 Å². The molecule has 104 valence electrons. The fourth-order valence-electron chi connectivity index (χ4n) is 1.52. The molecule has 1 aromatic carbocycles. The number of hydrogen-bond donors (Lipinski definition) is 0. The summed E-state index contributed by atoms with van der Waals surface area (Å²) >= 11 is 8.41. The number of benzene rings is 1. The standard InChI is InChI=1S/C14H11ClO3S2/c15-9-1-3-10(4-2-9)19-8-12(16)13-6-5-11(20-13)7-14(17)18/h1-6H,7-8H2,(H,17,18)/p-1. The molecule has 6 heteroatoms. The number of ketones is 1. The molecule has 0 fully saturated rings. The van der Waals surface area contributed by atoms with Crippen LogP contribution in [-0.2, 0) is 11.2 Å². The van der Waals surface area contributed by atoms with E-state index in [0.29, 0.717) is 20.5 Å². The average molecular weight is 326 g/mol. The van der Waals surface area contributed by atoms with Gasteiger partial charge in [0, 0.05) is 27.2 Å². The van der Waals surface area contributed by atoms with Gasteiger partial charge in [-0.3, -0.25) is 4.79 Å². The maximum Gasteiger partial charge on any atom is 0.182 e. The molecular formula is C14H10ClO3S2-. The Labute approximate surface area is 129 Å². The van der Waals surface area contributed by atoms with Crippen LogP contribution in [0.4, 0.5) is 0 Å². The predicted octanol–water partition coefficient (Wildman–Crippen LogP) is 2.67. The van der Waals surface area contributed by atoms with E-state index in [-0.39, 0.29) is 12.2 Å². The fourth-order valence-corrected chi connectivity index (χ4v) is 3.45. The van der Waals surface area contributed by atoms with Crippen LogP contribution in [0.5, 0.6) is 0 Å². The highest BCUT2D eigenvalue weighted by Gasteiger charge is 2.10. The Bertz CT molecular complexity index is 620. The molecular weight excluding hydrogens is 316 g/mol. The van der Waals surface area contributed by atoms with Crippen molar-refractivity contribution in [1.29, 1.82) is 0 Å². The Kier molecular flexibility index (Phi) is 5.23. The van der Waals surface area contributed by atoms with Crippen LogP contribution in [0.2, 0.25) is 5.02 Å². The van der Waals surface area contributed by atoms with Crippen molar-refractivity contribution in [2.24, 2.45) is 0 Å². The van der Waals surface area contributed by atoms with E-state index in [0.717, 1.165) is 4.90 Å². The van der Waals surface area contributed by atoms with Crippen molar-refractivity contribution in [2.75, 3.05) is 5.75 Å². The van der Waals surface area contributed by atoms with Crippen molar-refractivity contribution in [3.8, 4) is 0 Å². The van der Waals surface area contributed by atoms with Gasteiger partial charge in [-0.1, -0.05) is 11.6 Å². The number of aliphatic carboxylic acids is 1. The van der Waals surface area contributed by atoms with E-state index in [2.05, 4.69) is 0 Å². The van der Waals surface area contributed by atoms with Crippen molar-refractivity contribution in [2.45, 2.75) is 11.3 Å². The first kappa shape index (κ1) is 15.1. The minimum Gasteiger partial charge on any atom is -0.550 e. The molecule has 2 rings (SSSR count). The van der Waals surface area contributed by atoms with Gasteiger partial charge in [-0.05, 0) is 36.4 Å². The number of carboxylic acids is 1. The van der Waals surface area contributed by atoms with Crippen LogP contribution in [0, 0.1) is 0 Å². The van der Waals surface area contributed by atoms with Crippen LogP contribution < -0.4 is 5.11 Å². The molecule has 0 radical (unpaired) electrons. The number of Topliss-reactive ketones (excluding diaryl/α,β-unsaturated/α-hetero) is 1. The van der Waals surface area contributed by atoms with Crippen LogP contribution in [-0.4, -0.2) is 17.5 Å². The van der Waals surface area contributed by atoms with Gasteiger partial charge in [0.25, 0.3) is 0 Å². The summed E-state index contributed by atoms with van der Waals surface area (Å²) in [7, 11) is 0. The molecule has 0 spiro atoms. The lowest BCUT2D eigenvalue weighted by Gasteiger charge is -2.00. The van der Waals surface area contributed by atoms with Gasteiger partial charge < -0.3 is 9.90 Å². The third kappa shape index (κ3) is 4.37. The number of carbonyl (C=O) groups is 2. The average Bonchev–Trinajstić information content (AvgIpc) is 2.85. The van der Waals surface area contributed by atoms with Gasteiger partial charge in [0.15, 0.2) is 5.78 Å². The van der Waals surface area contributed by atoms with Crippen LogP contribution >= 0.6 is 34.7 Å². The van der Waals surface area contributed by atoms with Crippen molar-refractivity contribution in [3.63, 3.8) is 0 Å². The molecule has 0 saturated heterocycles. The smallest absolute Gasteiger partial charge is 0.182 e. The SMILES string of the molecule is O=C([O-])Cc1ccc(C(=O)CSc2ccc(Cl)cc2)s1. The highest BCUT2D eigenvalue weighted by atomic mass is 35.5. The predicted molar refractivity (Wildman–Crippen MR) is 79.5 cm³/mol. The van der Waals surface area contributed by atoms with Gasteiger partial charge >= 0.3 is 0 Å². The van der Waals surface area contributed by atoms with Crippen LogP contribution in [0.25, 0.3) is 0 Å². The largest absolute Gasteiger partial charge is 0.550 e. The zero-order chi connectivity index (χ0) is 14.5. The molecule has 0 atom stereocenters. The van der Waals surface area contributed by atoms with Gasteiger partial charge in [0.2, 0.25) is 0 Å². The molecule has 3 nitrogen and oxygen atoms in total. The zero-order valence-electron chi connectivity index (χ0n) is 10.3. The van der Waals surface area contributed by atoms with E-state index in [1.165, 1.54) is 23.1 Å².